The molecule has 0 fully saturated rings. The lowest BCUT2D eigenvalue weighted by atomic mass is 10.1. The van der Waals surface area contributed by atoms with Gasteiger partial charge < -0.3 is 10.8 Å². The van der Waals surface area contributed by atoms with Crippen LogP contribution in [0.5, 0.6) is 5.75 Å². The predicted molar refractivity (Wildman–Crippen MR) is 45.8 cm³/mol. The van der Waals surface area contributed by atoms with E-state index < -0.39 is 30.2 Å². The summed E-state index contributed by atoms with van der Waals surface area (Å²) in [7, 11) is 0. The van der Waals surface area contributed by atoms with Gasteiger partial charge in [0.05, 0.1) is 0 Å². The second-order valence-corrected chi connectivity index (χ2v) is 3.10. The minimum atomic E-state index is -4.56. The molecule has 1 atom stereocenters. The molecule has 0 aliphatic rings. The summed E-state index contributed by atoms with van der Waals surface area (Å²) < 4.78 is 49.0. The van der Waals surface area contributed by atoms with E-state index in [9.17, 15) is 17.6 Å². The lowest BCUT2D eigenvalue weighted by Crippen LogP contribution is -2.39. The first-order valence-electron chi connectivity index (χ1n) is 4.11. The molecule has 0 saturated carbocycles. The molecule has 1 unspecified atom stereocenters. The van der Waals surface area contributed by atoms with E-state index in [4.69, 9.17) is 10.8 Å². The first kappa shape index (κ1) is 11.8. The molecule has 0 heterocycles. The van der Waals surface area contributed by atoms with E-state index in [1.165, 1.54) is 12.1 Å². The van der Waals surface area contributed by atoms with Gasteiger partial charge in [-0.1, -0.05) is 12.1 Å². The topological polar surface area (TPSA) is 46.2 Å². The number of phenolic OH excluding ortho intramolecular Hbond substituents is 1. The molecule has 1 aromatic rings. The number of alkyl halides is 3. The van der Waals surface area contributed by atoms with Gasteiger partial charge >= 0.3 is 6.18 Å². The molecule has 0 amide bonds. The van der Waals surface area contributed by atoms with Gasteiger partial charge in [-0.2, -0.15) is 13.2 Å². The molecule has 2 nitrogen and oxygen atoms in total. The predicted octanol–water partition coefficient (Wildman–Crippen LogP) is 1.96. The molecule has 1 aromatic carbocycles. The van der Waals surface area contributed by atoms with Gasteiger partial charge in [-0.15, -0.1) is 0 Å². The Balaban J connectivity index is 2.86. The average Bonchev–Trinajstić information content (AvgIpc) is 2.11. The molecule has 0 saturated heterocycles. The fourth-order valence-corrected chi connectivity index (χ4v) is 1.08. The van der Waals surface area contributed by atoms with Crippen LogP contribution in [0.1, 0.15) is 5.56 Å². The quantitative estimate of drug-likeness (QED) is 0.753. The highest BCUT2D eigenvalue weighted by molar-refractivity contribution is 5.34. The largest absolute Gasteiger partial charge is 0.505 e. The summed E-state index contributed by atoms with van der Waals surface area (Å²) in [5, 5.41) is 9.11. The lowest BCUT2D eigenvalue weighted by molar-refractivity contribution is -0.147. The van der Waals surface area contributed by atoms with Crippen LogP contribution in [-0.2, 0) is 6.42 Å². The van der Waals surface area contributed by atoms with Crippen molar-refractivity contribution in [2.24, 2.45) is 5.73 Å². The fourth-order valence-electron chi connectivity index (χ4n) is 1.08. The molecule has 6 heteroatoms. The van der Waals surface area contributed by atoms with Gasteiger partial charge in [0.15, 0.2) is 11.6 Å². The molecule has 0 spiro atoms. The lowest BCUT2D eigenvalue weighted by Gasteiger charge is -2.16. The van der Waals surface area contributed by atoms with Gasteiger partial charge in [0, 0.05) is 6.42 Å². The van der Waals surface area contributed by atoms with Crippen molar-refractivity contribution in [3.05, 3.63) is 29.6 Å². The van der Waals surface area contributed by atoms with Crippen molar-refractivity contribution in [1.29, 1.82) is 0 Å². The van der Waals surface area contributed by atoms with Crippen LogP contribution >= 0.6 is 0 Å². The Labute approximate surface area is 83.3 Å². The maximum atomic E-state index is 12.8. The van der Waals surface area contributed by atoms with Crippen molar-refractivity contribution in [2.45, 2.75) is 18.6 Å². The van der Waals surface area contributed by atoms with Crippen molar-refractivity contribution in [1.82, 2.24) is 0 Å². The Kier molecular flexibility index (Phi) is 3.18. The molecule has 0 aliphatic carbocycles. The standard InChI is InChI=1S/C9H9F4NO/c10-6-3-1-2-5(8(6)15)4-7(14)9(11,12)13/h1-3,7,15H,4,14H2. The number of nitrogens with two attached hydrogens (primary N) is 1. The Morgan fingerprint density at radius 1 is 1.33 bits per heavy atom. The highest BCUT2D eigenvalue weighted by atomic mass is 19.4. The Morgan fingerprint density at radius 3 is 2.47 bits per heavy atom. The SMILES string of the molecule is NC(Cc1cccc(F)c1O)C(F)(F)F. The zero-order valence-corrected chi connectivity index (χ0v) is 7.55. The van der Waals surface area contributed by atoms with Crippen LogP contribution in [0.4, 0.5) is 17.6 Å². The maximum absolute atomic E-state index is 12.8. The summed E-state index contributed by atoms with van der Waals surface area (Å²) in [4.78, 5) is 0. The normalized spacial score (nSPS) is 13.9. The number of benzene rings is 1. The number of phenols is 1. The summed E-state index contributed by atoms with van der Waals surface area (Å²) in [6.45, 7) is 0. The minimum absolute atomic E-state index is 0.153. The fraction of sp³-hybridized carbons (Fsp3) is 0.333. The average molecular weight is 223 g/mol. The molecule has 0 aliphatic heterocycles. The Hall–Kier alpha value is -1.30. The highest BCUT2D eigenvalue weighted by Gasteiger charge is 2.37. The minimum Gasteiger partial charge on any atom is -0.505 e. The van der Waals surface area contributed by atoms with Crippen LogP contribution in [0.15, 0.2) is 18.2 Å². The third-order valence-electron chi connectivity index (χ3n) is 1.93. The molecular formula is C9H9F4NO. The maximum Gasteiger partial charge on any atom is 0.403 e. The second-order valence-electron chi connectivity index (χ2n) is 3.10. The first-order chi connectivity index (χ1) is 6.82. The van der Waals surface area contributed by atoms with Crippen LogP contribution in [0.2, 0.25) is 0 Å². The van der Waals surface area contributed by atoms with Crippen molar-refractivity contribution in [2.75, 3.05) is 0 Å². The summed E-state index contributed by atoms with van der Waals surface area (Å²) >= 11 is 0. The van der Waals surface area contributed by atoms with Crippen LogP contribution in [0, 0.1) is 5.82 Å². The van der Waals surface area contributed by atoms with Crippen LogP contribution in [-0.4, -0.2) is 17.3 Å². The summed E-state index contributed by atoms with van der Waals surface area (Å²) in [6, 6.07) is 1.26. The van der Waals surface area contributed by atoms with Gasteiger partial charge in [0.2, 0.25) is 0 Å². The van der Waals surface area contributed by atoms with E-state index in [1.807, 2.05) is 0 Å². The molecule has 0 radical (unpaired) electrons. The van der Waals surface area contributed by atoms with Crippen LogP contribution in [0.3, 0.4) is 0 Å². The summed E-state index contributed by atoms with van der Waals surface area (Å²) in [5.41, 5.74) is 4.69. The van der Waals surface area contributed by atoms with Crippen molar-refractivity contribution >= 4 is 0 Å². The van der Waals surface area contributed by atoms with E-state index in [1.54, 1.807) is 0 Å². The third kappa shape index (κ3) is 2.82. The van der Waals surface area contributed by atoms with Crippen LogP contribution in [0.25, 0.3) is 0 Å². The number of hydrogen-bond donors (Lipinski definition) is 2. The second kappa shape index (κ2) is 4.06. The van der Waals surface area contributed by atoms with Crippen molar-refractivity contribution in [3.8, 4) is 5.75 Å². The van der Waals surface area contributed by atoms with Gasteiger partial charge in [-0.25, -0.2) is 4.39 Å². The van der Waals surface area contributed by atoms with E-state index in [0.717, 1.165) is 6.07 Å². The number of rotatable bonds is 2. The third-order valence-corrected chi connectivity index (χ3v) is 1.93. The number of aromatic hydroxyl groups is 1. The van der Waals surface area contributed by atoms with E-state index in [-0.39, 0.29) is 5.56 Å². The van der Waals surface area contributed by atoms with Crippen molar-refractivity contribution < 1.29 is 22.7 Å². The van der Waals surface area contributed by atoms with Gasteiger partial charge in [0.25, 0.3) is 0 Å². The molecule has 0 bridgehead atoms. The molecule has 3 N–H and O–H groups in total. The van der Waals surface area contributed by atoms with Crippen molar-refractivity contribution in [3.63, 3.8) is 0 Å². The summed E-state index contributed by atoms with van der Waals surface area (Å²) in [5.74, 6) is -1.74. The zero-order chi connectivity index (χ0) is 11.6. The van der Waals surface area contributed by atoms with E-state index in [0.29, 0.717) is 0 Å². The first-order valence-corrected chi connectivity index (χ1v) is 4.11. The molecule has 1 rings (SSSR count). The molecule has 0 aromatic heterocycles. The van der Waals surface area contributed by atoms with Crippen LogP contribution < -0.4 is 5.73 Å². The Morgan fingerprint density at radius 2 is 1.93 bits per heavy atom. The number of halogens is 4. The number of hydrogen-bond acceptors (Lipinski definition) is 2. The monoisotopic (exact) mass is 223 g/mol. The van der Waals surface area contributed by atoms with E-state index >= 15 is 0 Å². The van der Waals surface area contributed by atoms with Gasteiger partial charge in [0.1, 0.15) is 6.04 Å². The van der Waals surface area contributed by atoms with Gasteiger partial charge in [-0.3, -0.25) is 0 Å². The van der Waals surface area contributed by atoms with Gasteiger partial charge in [-0.05, 0) is 11.6 Å². The molecular weight excluding hydrogens is 214 g/mol. The smallest absolute Gasteiger partial charge is 0.403 e. The van der Waals surface area contributed by atoms with E-state index in [2.05, 4.69) is 0 Å². The number of para-hydroxylation sites is 1. The molecule has 15 heavy (non-hydrogen) atoms. The summed E-state index contributed by atoms with van der Waals surface area (Å²) in [6.07, 6.45) is -5.20. The Bertz CT molecular complexity index is 350. The molecule has 84 valence electrons. The zero-order valence-electron chi connectivity index (χ0n) is 7.55. The highest BCUT2D eigenvalue weighted by Crippen LogP contribution is 2.26.